The van der Waals surface area contributed by atoms with Crippen molar-refractivity contribution in [3.63, 3.8) is 0 Å². The summed E-state index contributed by atoms with van der Waals surface area (Å²) >= 11 is 1.17. The third-order valence-corrected chi connectivity index (χ3v) is 7.38. The van der Waals surface area contributed by atoms with Crippen LogP contribution in [0.2, 0.25) is 0 Å². The SMILES string of the molecule is CC1(C)CC2=C(SC(=O)c3ccccc3C2c2ccccc2F)N(C(N)=Nc2ccccc2)C1. The topological polar surface area (TPSA) is 58.7 Å². The number of nitrogens with zero attached hydrogens (tertiary/aromatic N) is 2. The number of thioether (sulfide) groups is 1. The van der Waals surface area contributed by atoms with Crippen LogP contribution in [0.5, 0.6) is 0 Å². The number of rotatable bonds is 2. The second kappa shape index (κ2) is 8.76. The quantitative estimate of drug-likeness (QED) is 0.345. The molecule has 0 saturated heterocycles. The lowest BCUT2D eigenvalue weighted by Crippen LogP contribution is -2.46. The highest BCUT2D eigenvalue weighted by Crippen LogP contribution is 2.51. The van der Waals surface area contributed by atoms with Gasteiger partial charge in [0.1, 0.15) is 5.82 Å². The molecule has 3 aromatic carbocycles. The molecule has 6 heteroatoms. The number of guanidine groups is 1. The zero-order chi connectivity index (χ0) is 23.9. The average molecular weight is 472 g/mol. The van der Waals surface area contributed by atoms with Gasteiger partial charge in [0.25, 0.3) is 0 Å². The van der Waals surface area contributed by atoms with Crippen LogP contribution in [0.1, 0.15) is 47.7 Å². The van der Waals surface area contributed by atoms with Crippen molar-refractivity contribution in [2.75, 3.05) is 6.54 Å². The van der Waals surface area contributed by atoms with Gasteiger partial charge in [-0.2, -0.15) is 0 Å². The lowest BCUT2D eigenvalue weighted by Gasteiger charge is -2.42. The number of carbonyl (C=O) groups excluding carboxylic acids is 1. The number of halogens is 1. The lowest BCUT2D eigenvalue weighted by atomic mass is 9.74. The monoisotopic (exact) mass is 471 g/mol. The highest BCUT2D eigenvalue weighted by atomic mass is 32.2. The highest BCUT2D eigenvalue weighted by Gasteiger charge is 2.42. The first-order valence-electron chi connectivity index (χ1n) is 11.3. The lowest BCUT2D eigenvalue weighted by molar-refractivity contribution is 0.108. The Morgan fingerprint density at radius 3 is 2.38 bits per heavy atom. The van der Waals surface area contributed by atoms with Gasteiger partial charge in [0.2, 0.25) is 11.1 Å². The van der Waals surface area contributed by atoms with Crippen LogP contribution in [-0.2, 0) is 0 Å². The van der Waals surface area contributed by atoms with E-state index in [0.29, 0.717) is 30.1 Å². The van der Waals surface area contributed by atoms with Gasteiger partial charge < -0.3 is 10.6 Å². The van der Waals surface area contributed by atoms with E-state index >= 15 is 4.39 Å². The fourth-order valence-electron chi connectivity index (χ4n) is 4.88. The zero-order valence-corrected chi connectivity index (χ0v) is 20.0. The highest BCUT2D eigenvalue weighted by molar-refractivity contribution is 8.17. The number of fused-ring (bicyclic) bond motifs is 1. The Kier molecular flexibility index (Phi) is 5.78. The third kappa shape index (κ3) is 4.14. The smallest absolute Gasteiger partial charge is 0.225 e. The molecular weight excluding hydrogens is 445 g/mol. The van der Waals surface area contributed by atoms with Gasteiger partial charge in [0.05, 0.1) is 10.7 Å². The molecule has 172 valence electrons. The third-order valence-electron chi connectivity index (χ3n) is 6.30. The van der Waals surface area contributed by atoms with Crippen LogP contribution in [0, 0.1) is 11.2 Å². The van der Waals surface area contributed by atoms with Gasteiger partial charge in [-0.15, -0.1) is 0 Å². The zero-order valence-electron chi connectivity index (χ0n) is 19.2. The van der Waals surface area contributed by atoms with Crippen LogP contribution in [0.25, 0.3) is 0 Å². The Balaban J connectivity index is 1.74. The van der Waals surface area contributed by atoms with Gasteiger partial charge in [0.15, 0.2) is 0 Å². The molecule has 2 aliphatic heterocycles. The summed E-state index contributed by atoms with van der Waals surface area (Å²) in [5.74, 6) is -0.350. The van der Waals surface area contributed by atoms with Crippen molar-refractivity contribution in [2.24, 2.45) is 16.1 Å². The molecule has 0 aromatic heterocycles. The number of carbonyl (C=O) groups is 1. The Morgan fingerprint density at radius 1 is 1.00 bits per heavy atom. The van der Waals surface area contributed by atoms with Crippen LogP contribution >= 0.6 is 11.8 Å². The first kappa shape index (κ1) is 22.4. The molecule has 0 radical (unpaired) electrons. The van der Waals surface area contributed by atoms with Crippen molar-refractivity contribution in [3.05, 3.63) is 112 Å². The van der Waals surface area contributed by atoms with Crippen molar-refractivity contribution >= 4 is 28.5 Å². The molecule has 5 rings (SSSR count). The van der Waals surface area contributed by atoms with Crippen molar-refractivity contribution in [3.8, 4) is 0 Å². The van der Waals surface area contributed by atoms with E-state index in [4.69, 9.17) is 5.73 Å². The Morgan fingerprint density at radius 2 is 1.65 bits per heavy atom. The number of benzene rings is 3. The molecule has 0 spiro atoms. The van der Waals surface area contributed by atoms with Crippen molar-refractivity contribution in [2.45, 2.75) is 26.2 Å². The number of para-hydroxylation sites is 1. The van der Waals surface area contributed by atoms with E-state index in [-0.39, 0.29) is 16.3 Å². The number of allylic oxidation sites excluding steroid dienone is 1. The van der Waals surface area contributed by atoms with Crippen LogP contribution in [0.15, 0.2) is 94.5 Å². The molecule has 3 aromatic rings. The summed E-state index contributed by atoms with van der Waals surface area (Å²) in [6.45, 7) is 4.94. The predicted molar refractivity (Wildman–Crippen MR) is 136 cm³/mol. The second-order valence-corrected chi connectivity index (χ2v) is 10.5. The van der Waals surface area contributed by atoms with Crippen LogP contribution in [0.4, 0.5) is 10.1 Å². The molecule has 0 saturated carbocycles. The summed E-state index contributed by atoms with van der Waals surface area (Å²) in [6, 6.07) is 23.9. The molecule has 0 aliphatic carbocycles. The average Bonchev–Trinajstić information content (AvgIpc) is 2.93. The normalized spacial score (nSPS) is 20.0. The fourth-order valence-corrected chi connectivity index (χ4v) is 5.94. The van der Waals surface area contributed by atoms with Crippen LogP contribution < -0.4 is 5.73 Å². The molecule has 34 heavy (non-hydrogen) atoms. The summed E-state index contributed by atoms with van der Waals surface area (Å²) in [5.41, 5.74) is 10.1. The Labute approximate surface area is 203 Å². The van der Waals surface area contributed by atoms with E-state index in [1.54, 1.807) is 6.07 Å². The minimum absolute atomic E-state index is 0.0702. The molecule has 4 nitrogen and oxygen atoms in total. The number of hydrogen-bond acceptors (Lipinski definition) is 3. The van der Waals surface area contributed by atoms with E-state index in [0.717, 1.165) is 21.9 Å². The van der Waals surface area contributed by atoms with E-state index in [1.165, 1.54) is 17.8 Å². The first-order valence-corrected chi connectivity index (χ1v) is 12.1. The number of hydrogen-bond donors (Lipinski definition) is 1. The van der Waals surface area contributed by atoms with Crippen LogP contribution in [-0.4, -0.2) is 22.5 Å². The number of aliphatic imine (C=N–C) groups is 1. The van der Waals surface area contributed by atoms with Gasteiger partial charge >= 0.3 is 0 Å². The van der Waals surface area contributed by atoms with Crippen molar-refractivity contribution in [1.82, 2.24) is 4.90 Å². The molecule has 2 aliphatic rings. The van der Waals surface area contributed by atoms with E-state index < -0.39 is 5.92 Å². The summed E-state index contributed by atoms with van der Waals surface area (Å²) in [4.78, 5) is 20.0. The van der Waals surface area contributed by atoms with Gasteiger partial charge in [-0.1, -0.05) is 74.5 Å². The molecule has 0 bridgehead atoms. The maximum Gasteiger partial charge on any atom is 0.225 e. The largest absolute Gasteiger partial charge is 0.369 e. The second-order valence-electron chi connectivity index (χ2n) is 9.49. The standard InChI is InChI=1S/C28H26FN3OS/c1-28(2)16-22-24(21-14-8-9-15-23(21)29)19-12-6-7-13-20(19)26(33)34-25(22)32(17-28)27(30)31-18-10-4-3-5-11-18/h3-15,24H,16-17H2,1-2H3,(H2,30,31). The minimum atomic E-state index is -0.391. The van der Waals surface area contributed by atoms with Gasteiger partial charge in [0, 0.05) is 18.0 Å². The van der Waals surface area contributed by atoms with E-state index in [1.807, 2.05) is 71.6 Å². The van der Waals surface area contributed by atoms with Gasteiger partial charge in [-0.3, -0.25) is 4.79 Å². The maximum absolute atomic E-state index is 15.2. The van der Waals surface area contributed by atoms with E-state index in [2.05, 4.69) is 18.8 Å². The summed E-state index contributed by atoms with van der Waals surface area (Å²) in [6.07, 6.45) is 0.713. The van der Waals surface area contributed by atoms with E-state index in [9.17, 15) is 4.79 Å². The molecule has 1 atom stereocenters. The summed E-state index contributed by atoms with van der Waals surface area (Å²) in [7, 11) is 0. The maximum atomic E-state index is 15.2. The van der Waals surface area contributed by atoms with Gasteiger partial charge in [-0.05, 0) is 58.5 Å². The van der Waals surface area contributed by atoms with Crippen molar-refractivity contribution in [1.29, 1.82) is 0 Å². The number of nitrogens with two attached hydrogens (primary N) is 1. The molecule has 0 fully saturated rings. The Hall–Kier alpha value is -3.38. The first-order chi connectivity index (χ1) is 16.3. The Bertz CT molecular complexity index is 1320. The summed E-state index contributed by atoms with van der Waals surface area (Å²) in [5, 5.41) is 0.685. The van der Waals surface area contributed by atoms with Crippen molar-refractivity contribution < 1.29 is 9.18 Å². The molecular formula is C28H26FN3OS. The molecule has 1 unspecified atom stereocenters. The summed E-state index contributed by atoms with van der Waals surface area (Å²) < 4.78 is 15.2. The minimum Gasteiger partial charge on any atom is -0.369 e. The molecule has 2 heterocycles. The van der Waals surface area contributed by atoms with Crippen LogP contribution in [0.3, 0.4) is 0 Å². The molecule has 2 N–H and O–H groups in total. The fraction of sp³-hybridized carbons (Fsp3) is 0.214. The predicted octanol–water partition coefficient (Wildman–Crippen LogP) is 6.43. The van der Waals surface area contributed by atoms with Gasteiger partial charge in [-0.25, -0.2) is 9.38 Å². The molecule has 0 amide bonds.